The van der Waals surface area contributed by atoms with Gasteiger partial charge in [0, 0.05) is 12.0 Å². The van der Waals surface area contributed by atoms with Crippen LogP contribution in [0.4, 0.5) is 4.79 Å². The molecule has 2 aliphatic heterocycles. The van der Waals surface area contributed by atoms with Gasteiger partial charge in [-0.3, -0.25) is 9.69 Å². The van der Waals surface area contributed by atoms with Gasteiger partial charge < -0.3 is 9.47 Å². The maximum absolute atomic E-state index is 12.9. The van der Waals surface area contributed by atoms with Crippen LogP contribution in [0.1, 0.15) is 31.7 Å². The van der Waals surface area contributed by atoms with Gasteiger partial charge in [-0.1, -0.05) is 48.9 Å². The molecule has 0 aromatic heterocycles. The number of hydrogen-bond donors (Lipinski definition) is 0. The Hall–Kier alpha value is -2.30. The topological polar surface area (TPSA) is 55.8 Å². The Morgan fingerprint density at radius 1 is 1.12 bits per heavy atom. The van der Waals surface area contributed by atoms with Crippen LogP contribution in [0.5, 0.6) is 0 Å². The van der Waals surface area contributed by atoms with E-state index in [9.17, 15) is 9.59 Å². The van der Waals surface area contributed by atoms with Gasteiger partial charge in [-0.15, -0.1) is 0 Å². The molecule has 2 aliphatic carbocycles. The molecule has 138 valence electrons. The molecule has 5 heteroatoms. The number of carbonyl (C=O) groups is 2. The summed E-state index contributed by atoms with van der Waals surface area (Å²) in [5.41, 5.74) is 0.960. The zero-order valence-electron chi connectivity index (χ0n) is 15.0. The molecule has 2 heterocycles. The summed E-state index contributed by atoms with van der Waals surface area (Å²) in [5, 5.41) is 0. The van der Waals surface area contributed by atoms with Crippen LogP contribution in [0, 0.1) is 17.8 Å². The van der Waals surface area contributed by atoms with Crippen molar-refractivity contribution < 1.29 is 19.1 Å². The summed E-state index contributed by atoms with van der Waals surface area (Å²) in [6, 6.07) is 9.55. The zero-order chi connectivity index (χ0) is 18.1. The van der Waals surface area contributed by atoms with Crippen LogP contribution in [-0.2, 0) is 20.9 Å². The maximum Gasteiger partial charge on any atom is 0.410 e. The van der Waals surface area contributed by atoms with Gasteiger partial charge in [0.05, 0.1) is 18.6 Å². The number of carbonyl (C=O) groups excluding carboxylic acids is 2. The molecule has 4 aliphatic rings. The SMILES string of the molecule is CCOC(=O)C1[C@H]2C=C[C@@H]3[C@H]1CCC[C@@H]3N2C(=O)OCc1ccccc1. The van der Waals surface area contributed by atoms with Crippen LogP contribution in [0.25, 0.3) is 0 Å². The number of hydrogen-bond acceptors (Lipinski definition) is 4. The fourth-order valence-corrected chi connectivity index (χ4v) is 4.95. The second-order valence-electron chi connectivity index (χ2n) is 7.34. The third-order valence-electron chi connectivity index (χ3n) is 5.99. The Morgan fingerprint density at radius 3 is 2.69 bits per heavy atom. The first kappa shape index (κ1) is 17.1. The van der Waals surface area contributed by atoms with Crippen LogP contribution in [-0.4, -0.2) is 35.7 Å². The molecule has 2 fully saturated rings. The molecule has 0 N–H and O–H groups in total. The van der Waals surface area contributed by atoms with Gasteiger partial charge in [-0.25, -0.2) is 4.79 Å². The number of esters is 1. The first-order chi connectivity index (χ1) is 12.7. The van der Waals surface area contributed by atoms with Crippen molar-refractivity contribution in [3.63, 3.8) is 0 Å². The highest BCUT2D eigenvalue weighted by Crippen LogP contribution is 2.50. The number of rotatable bonds is 4. The molecular formula is C21H25NO4. The minimum absolute atomic E-state index is 0.137. The summed E-state index contributed by atoms with van der Waals surface area (Å²) in [5.74, 6) is 0.0530. The van der Waals surface area contributed by atoms with Crippen molar-refractivity contribution in [2.45, 2.75) is 44.9 Å². The first-order valence-corrected chi connectivity index (χ1v) is 9.54. The quantitative estimate of drug-likeness (QED) is 0.612. The molecule has 26 heavy (non-hydrogen) atoms. The molecule has 1 saturated carbocycles. The lowest BCUT2D eigenvalue weighted by Gasteiger charge is -2.56. The average Bonchev–Trinajstić information content (AvgIpc) is 2.67. The fourth-order valence-electron chi connectivity index (χ4n) is 4.95. The largest absolute Gasteiger partial charge is 0.466 e. The molecule has 0 spiro atoms. The van der Waals surface area contributed by atoms with Gasteiger partial charge >= 0.3 is 12.1 Å². The van der Waals surface area contributed by atoms with Crippen molar-refractivity contribution in [1.29, 1.82) is 0 Å². The molecular weight excluding hydrogens is 330 g/mol. The molecule has 1 unspecified atom stereocenters. The third kappa shape index (κ3) is 2.89. The molecule has 4 bridgehead atoms. The standard InChI is InChI=1S/C21H25NO4/c1-2-25-20(23)19-16-9-6-10-17-15(16)11-12-18(19)22(17)21(24)26-13-14-7-4-3-5-8-14/h3-5,7-8,11-12,15-19H,2,6,9-10,13H2,1H3/t15-,16-,17+,18-,19?/m1/s1. The van der Waals surface area contributed by atoms with Gasteiger partial charge in [0.25, 0.3) is 0 Å². The maximum atomic E-state index is 12.9. The Bertz CT molecular complexity index is 701. The molecule has 1 aromatic carbocycles. The van der Waals surface area contributed by atoms with E-state index in [4.69, 9.17) is 9.47 Å². The van der Waals surface area contributed by atoms with E-state index in [0.717, 1.165) is 24.8 Å². The second kappa shape index (κ2) is 7.14. The van der Waals surface area contributed by atoms with E-state index in [1.54, 1.807) is 0 Å². The number of benzene rings is 1. The average molecular weight is 355 g/mol. The summed E-state index contributed by atoms with van der Waals surface area (Å²) >= 11 is 0. The van der Waals surface area contributed by atoms with Gasteiger partial charge in [0.15, 0.2) is 0 Å². The highest BCUT2D eigenvalue weighted by Gasteiger charge is 2.56. The Kier molecular flexibility index (Phi) is 4.70. The highest BCUT2D eigenvalue weighted by molar-refractivity contribution is 5.78. The highest BCUT2D eigenvalue weighted by atomic mass is 16.6. The molecule has 5 rings (SSSR count). The van der Waals surface area contributed by atoms with Gasteiger partial charge in [0.2, 0.25) is 0 Å². The van der Waals surface area contributed by atoms with E-state index in [1.165, 1.54) is 0 Å². The van der Waals surface area contributed by atoms with Crippen molar-refractivity contribution in [3.05, 3.63) is 48.0 Å². The minimum Gasteiger partial charge on any atom is -0.466 e. The van der Waals surface area contributed by atoms with Crippen LogP contribution < -0.4 is 0 Å². The number of amides is 1. The monoisotopic (exact) mass is 355 g/mol. The van der Waals surface area contributed by atoms with E-state index in [0.29, 0.717) is 6.61 Å². The Balaban J connectivity index is 1.54. The number of piperidine rings is 1. The summed E-state index contributed by atoms with van der Waals surface area (Å²) < 4.78 is 10.9. The third-order valence-corrected chi connectivity index (χ3v) is 5.99. The smallest absolute Gasteiger partial charge is 0.410 e. The van der Waals surface area contributed by atoms with Crippen molar-refractivity contribution in [1.82, 2.24) is 4.90 Å². The predicted molar refractivity (Wildman–Crippen MR) is 96.1 cm³/mol. The van der Waals surface area contributed by atoms with E-state index in [-0.39, 0.29) is 48.5 Å². The number of nitrogens with zero attached hydrogens (tertiary/aromatic N) is 1. The van der Waals surface area contributed by atoms with E-state index < -0.39 is 0 Å². The lowest BCUT2D eigenvalue weighted by molar-refractivity contribution is -0.159. The molecule has 5 nitrogen and oxygen atoms in total. The van der Waals surface area contributed by atoms with E-state index in [2.05, 4.69) is 6.08 Å². The molecule has 1 saturated heterocycles. The van der Waals surface area contributed by atoms with E-state index >= 15 is 0 Å². The van der Waals surface area contributed by atoms with E-state index in [1.807, 2.05) is 48.2 Å². The van der Waals surface area contributed by atoms with Crippen molar-refractivity contribution in [3.8, 4) is 0 Å². The Labute approximate surface area is 154 Å². The second-order valence-corrected chi connectivity index (χ2v) is 7.34. The fraction of sp³-hybridized carbons (Fsp3) is 0.524. The minimum atomic E-state index is -0.326. The normalized spacial score (nSPS) is 31.6. The first-order valence-electron chi connectivity index (χ1n) is 9.54. The lowest BCUT2D eigenvalue weighted by Crippen LogP contribution is -2.65. The van der Waals surface area contributed by atoms with Crippen molar-refractivity contribution >= 4 is 12.1 Å². The van der Waals surface area contributed by atoms with Crippen molar-refractivity contribution in [2.75, 3.05) is 6.61 Å². The summed E-state index contributed by atoms with van der Waals surface area (Å²) in [7, 11) is 0. The molecule has 0 radical (unpaired) electrons. The number of ether oxygens (including phenoxy) is 2. The van der Waals surface area contributed by atoms with Crippen LogP contribution >= 0.6 is 0 Å². The van der Waals surface area contributed by atoms with Gasteiger partial charge in [-0.2, -0.15) is 0 Å². The summed E-state index contributed by atoms with van der Waals surface area (Å²) in [4.78, 5) is 27.3. The predicted octanol–water partition coefficient (Wildman–Crippen LogP) is 3.54. The van der Waals surface area contributed by atoms with Crippen LogP contribution in [0.2, 0.25) is 0 Å². The van der Waals surface area contributed by atoms with Crippen molar-refractivity contribution in [2.24, 2.45) is 17.8 Å². The molecule has 1 aromatic rings. The van der Waals surface area contributed by atoms with Gasteiger partial charge in [0.1, 0.15) is 6.61 Å². The Morgan fingerprint density at radius 2 is 1.92 bits per heavy atom. The zero-order valence-corrected chi connectivity index (χ0v) is 15.0. The lowest BCUT2D eigenvalue weighted by atomic mass is 9.60. The van der Waals surface area contributed by atoms with Crippen LogP contribution in [0.15, 0.2) is 42.5 Å². The van der Waals surface area contributed by atoms with Gasteiger partial charge in [-0.05, 0) is 31.2 Å². The summed E-state index contributed by atoms with van der Waals surface area (Å²) in [6.45, 7) is 2.44. The van der Waals surface area contributed by atoms with Crippen LogP contribution in [0.3, 0.4) is 0 Å². The molecule has 1 amide bonds. The molecule has 5 atom stereocenters. The summed E-state index contributed by atoms with van der Waals surface area (Å²) in [6.07, 6.45) is 6.92.